The van der Waals surface area contributed by atoms with E-state index in [0.29, 0.717) is 14.5 Å². The van der Waals surface area contributed by atoms with Gasteiger partial charge in [-0.3, -0.25) is 4.72 Å². The van der Waals surface area contributed by atoms with E-state index in [0.717, 1.165) is 6.07 Å². The molecule has 1 N–H and O–H groups in total. The van der Waals surface area contributed by atoms with Gasteiger partial charge in [-0.15, -0.1) is 0 Å². The minimum atomic E-state index is -3.79. The van der Waals surface area contributed by atoms with Crippen LogP contribution in [0.1, 0.15) is 5.56 Å². The van der Waals surface area contributed by atoms with E-state index in [9.17, 15) is 12.8 Å². The summed E-state index contributed by atoms with van der Waals surface area (Å²) in [6, 6.07) is 8.83. The number of anilines is 1. The van der Waals surface area contributed by atoms with Crippen molar-refractivity contribution in [2.24, 2.45) is 0 Å². The molecule has 0 saturated heterocycles. The molecule has 0 aliphatic rings. The Morgan fingerprint density at radius 1 is 1.10 bits per heavy atom. The zero-order valence-corrected chi connectivity index (χ0v) is 14.3. The molecule has 0 aromatic heterocycles. The molecule has 2 aromatic rings. The van der Waals surface area contributed by atoms with Crippen molar-refractivity contribution < 1.29 is 12.8 Å². The van der Waals surface area contributed by atoms with Crippen LogP contribution in [0.2, 0.25) is 0 Å². The Kier molecular flexibility index (Phi) is 4.51. The van der Waals surface area contributed by atoms with E-state index >= 15 is 0 Å². The fourth-order valence-electron chi connectivity index (χ4n) is 1.69. The number of halogens is 3. The summed E-state index contributed by atoms with van der Waals surface area (Å²) in [5, 5.41) is 0. The molecule has 20 heavy (non-hydrogen) atoms. The number of nitrogens with one attached hydrogen (secondary N) is 1. The number of aryl methyl sites for hydroxylation is 1. The van der Waals surface area contributed by atoms with E-state index in [2.05, 4.69) is 36.6 Å². The minimum absolute atomic E-state index is 0.0776. The first-order chi connectivity index (χ1) is 9.28. The Labute approximate surface area is 133 Å². The first-order valence-electron chi connectivity index (χ1n) is 5.53. The van der Waals surface area contributed by atoms with Crippen molar-refractivity contribution in [1.29, 1.82) is 0 Å². The summed E-state index contributed by atoms with van der Waals surface area (Å²) in [6.07, 6.45) is 0. The second-order valence-corrected chi connectivity index (χ2v) is 7.62. The first kappa shape index (κ1) is 15.5. The second kappa shape index (κ2) is 5.83. The van der Waals surface area contributed by atoms with Crippen molar-refractivity contribution >= 4 is 47.6 Å². The summed E-state index contributed by atoms with van der Waals surface area (Å²) < 4.78 is 41.4. The zero-order chi connectivity index (χ0) is 14.9. The Bertz CT molecular complexity index is 743. The smallest absolute Gasteiger partial charge is 0.263 e. The molecule has 0 saturated carbocycles. The highest BCUT2D eigenvalue weighted by Gasteiger charge is 2.18. The van der Waals surface area contributed by atoms with Gasteiger partial charge in [-0.1, -0.05) is 15.9 Å². The summed E-state index contributed by atoms with van der Waals surface area (Å²) >= 11 is 6.42. The molecule has 0 aliphatic carbocycles. The van der Waals surface area contributed by atoms with Gasteiger partial charge in [-0.05, 0) is 64.8 Å². The van der Waals surface area contributed by atoms with Crippen molar-refractivity contribution in [3.63, 3.8) is 0 Å². The molecule has 2 rings (SSSR count). The van der Waals surface area contributed by atoms with Gasteiger partial charge >= 0.3 is 0 Å². The topological polar surface area (TPSA) is 46.2 Å². The summed E-state index contributed by atoms with van der Waals surface area (Å²) in [6.45, 7) is 1.69. The van der Waals surface area contributed by atoms with Crippen LogP contribution >= 0.6 is 31.9 Å². The molecule has 0 radical (unpaired) electrons. The number of hydrogen-bond donors (Lipinski definition) is 1. The average Bonchev–Trinajstić information content (AvgIpc) is 2.30. The Morgan fingerprint density at radius 2 is 1.80 bits per heavy atom. The van der Waals surface area contributed by atoms with Gasteiger partial charge in [0.15, 0.2) is 0 Å². The predicted molar refractivity (Wildman–Crippen MR) is 83.8 cm³/mol. The predicted octanol–water partition coefficient (Wildman–Crippen LogP) is 4.46. The largest absolute Gasteiger partial charge is 0.279 e. The lowest BCUT2D eigenvalue weighted by Crippen LogP contribution is -2.14. The van der Waals surface area contributed by atoms with Gasteiger partial charge in [0, 0.05) is 8.95 Å². The van der Waals surface area contributed by atoms with Crippen LogP contribution in [0.5, 0.6) is 0 Å². The first-order valence-corrected chi connectivity index (χ1v) is 8.60. The van der Waals surface area contributed by atoms with Crippen LogP contribution in [-0.4, -0.2) is 8.42 Å². The van der Waals surface area contributed by atoms with Crippen LogP contribution in [-0.2, 0) is 10.0 Å². The molecule has 0 unspecified atom stereocenters. The van der Waals surface area contributed by atoms with E-state index < -0.39 is 15.8 Å². The number of benzene rings is 2. The van der Waals surface area contributed by atoms with Crippen molar-refractivity contribution in [2.45, 2.75) is 11.8 Å². The Morgan fingerprint density at radius 3 is 2.45 bits per heavy atom. The van der Waals surface area contributed by atoms with Gasteiger partial charge in [0.05, 0.1) is 5.69 Å². The van der Waals surface area contributed by atoms with Crippen LogP contribution in [0.25, 0.3) is 0 Å². The van der Waals surface area contributed by atoms with E-state index in [-0.39, 0.29) is 10.6 Å². The van der Waals surface area contributed by atoms with E-state index in [1.54, 1.807) is 25.1 Å². The number of rotatable bonds is 3. The molecule has 3 nitrogen and oxygen atoms in total. The van der Waals surface area contributed by atoms with Crippen molar-refractivity contribution in [3.8, 4) is 0 Å². The third-order valence-electron chi connectivity index (χ3n) is 2.48. The van der Waals surface area contributed by atoms with Crippen LogP contribution in [0, 0.1) is 12.7 Å². The fraction of sp³-hybridized carbons (Fsp3) is 0.0769. The normalized spacial score (nSPS) is 11.4. The van der Waals surface area contributed by atoms with Gasteiger partial charge in [0.2, 0.25) is 0 Å². The second-order valence-electron chi connectivity index (χ2n) is 4.20. The lowest BCUT2D eigenvalue weighted by Gasteiger charge is -2.10. The molecule has 0 spiro atoms. The molecule has 106 valence electrons. The molecule has 0 amide bonds. The summed E-state index contributed by atoms with van der Waals surface area (Å²) in [5.41, 5.74) is 0.824. The highest BCUT2D eigenvalue weighted by molar-refractivity contribution is 9.11. The summed E-state index contributed by atoms with van der Waals surface area (Å²) in [4.78, 5) is 0.0776. The zero-order valence-electron chi connectivity index (χ0n) is 10.3. The SMILES string of the molecule is Cc1cc(F)cc(NS(=O)(=O)c2cc(Br)ccc2Br)c1. The van der Waals surface area contributed by atoms with Crippen molar-refractivity contribution in [3.05, 3.63) is 56.7 Å². The molecule has 0 atom stereocenters. The van der Waals surface area contributed by atoms with Crippen LogP contribution in [0.4, 0.5) is 10.1 Å². The van der Waals surface area contributed by atoms with Crippen molar-refractivity contribution in [1.82, 2.24) is 0 Å². The van der Waals surface area contributed by atoms with E-state index in [1.165, 1.54) is 12.1 Å². The molecule has 2 aromatic carbocycles. The van der Waals surface area contributed by atoms with Gasteiger partial charge in [0.1, 0.15) is 10.7 Å². The highest BCUT2D eigenvalue weighted by Crippen LogP contribution is 2.27. The van der Waals surface area contributed by atoms with E-state index in [4.69, 9.17) is 0 Å². The summed E-state index contributed by atoms with van der Waals surface area (Å²) in [5.74, 6) is -0.490. The molecule has 0 fully saturated rings. The summed E-state index contributed by atoms with van der Waals surface area (Å²) in [7, 11) is -3.79. The molecular formula is C13H10Br2FNO2S. The third kappa shape index (κ3) is 3.59. The monoisotopic (exact) mass is 421 g/mol. The van der Waals surface area contributed by atoms with Gasteiger partial charge < -0.3 is 0 Å². The van der Waals surface area contributed by atoms with Gasteiger partial charge in [-0.2, -0.15) is 0 Å². The fourth-order valence-corrected chi connectivity index (χ4v) is 4.23. The quantitative estimate of drug-likeness (QED) is 0.793. The number of hydrogen-bond acceptors (Lipinski definition) is 2. The van der Waals surface area contributed by atoms with Crippen LogP contribution < -0.4 is 4.72 Å². The molecule has 0 heterocycles. The Hall–Kier alpha value is -0.920. The maximum Gasteiger partial charge on any atom is 0.263 e. The minimum Gasteiger partial charge on any atom is -0.279 e. The number of sulfonamides is 1. The maximum absolute atomic E-state index is 13.3. The van der Waals surface area contributed by atoms with Gasteiger partial charge in [-0.25, -0.2) is 12.8 Å². The molecule has 7 heteroatoms. The average molecular weight is 423 g/mol. The maximum atomic E-state index is 13.3. The highest BCUT2D eigenvalue weighted by atomic mass is 79.9. The Balaban J connectivity index is 2.43. The van der Waals surface area contributed by atoms with E-state index in [1.807, 2.05) is 0 Å². The molecular weight excluding hydrogens is 413 g/mol. The molecule has 0 aliphatic heterocycles. The van der Waals surface area contributed by atoms with Crippen LogP contribution in [0.3, 0.4) is 0 Å². The lowest BCUT2D eigenvalue weighted by atomic mass is 10.2. The third-order valence-corrected chi connectivity index (χ3v) is 5.35. The lowest BCUT2D eigenvalue weighted by molar-refractivity contribution is 0.600. The van der Waals surface area contributed by atoms with Gasteiger partial charge in [0.25, 0.3) is 10.0 Å². The van der Waals surface area contributed by atoms with Crippen molar-refractivity contribution in [2.75, 3.05) is 4.72 Å². The van der Waals surface area contributed by atoms with Crippen LogP contribution in [0.15, 0.2) is 50.2 Å². The molecule has 0 bridgehead atoms. The standard InChI is InChI=1S/C13H10Br2FNO2S/c1-8-4-10(16)7-11(5-8)17-20(18,19)13-6-9(14)2-3-12(13)15/h2-7,17H,1H3.